The molecule has 0 saturated carbocycles. The van der Waals surface area contributed by atoms with Crippen molar-refractivity contribution >= 4 is 10.0 Å². The minimum atomic E-state index is -3.63. The standard InChI is InChI=1S/C20H23N5O4S/c1-13-9-16(6-7-18(13)28-3)30(26,27)25-8-4-5-15(11-25)19-23-24-20(29-19)17-10-21-12-22-14(17)2/h6-7,9-10,12,15H,4-5,8,11H2,1-3H3/t15-/m0/s1. The van der Waals surface area contributed by atoms with Crippen molar-refractivity contribution in [1.82, 2.24) is 24.5 Å². The molecular formula is C20H23N5O4S. The predicted octanol–water partition coefficient (Wildman–Crippen LogP) is 2.72. The molecule has 3 heterocycles. The SMILES string of the molecule is COc1ccc(S(=O)(=O)N2CCC[C@H](c3nnc(-c4cncnc4C)o3)C2)cc1C. The first-order valence-corrected chi connectivity index (χ1v) is 11.1. The van der Waals surface area contributed by atoms with Gasteiger partial charge in [-0.05, 0) is 50.5 Å². The fraction of sp³-hybridized carbons (Fsp3) is 0.400. The molecule has 1 saturated heterocycles. The van der Waals surface area contributed by atoms with E-state index in [1.54, 1.807) is 31.5 Å². The fourth-order valence-electron chi connectivity index (χ4n) is 3.63. The summed E-state index contributed by atoms with van der Waals surface area (Å²) >= 11 is 0. The van der Waals surface area contributed by atoms with E-state index in [2.05, 4.69) is 20.2 Å². The average Bonchev–Trinajstić information content (AvgIpc) is 3.24. The Bertz CT molecular complexity index is 1160. The minimum absolute atomic E-state index is 0.168. The van der Waals surface area contributed by atoms with E-state index < -0.39 is 10.0 Å². The number of aryl methyl sites for hydroxylation is 2. The molecule has 3 aromatic rings. The highest BCUT2D eigenvalue weighted by atomic mass is 32.2. The van der Waals surface area contributed by atoms with Crippen molar-refractivity contribution in [3.63, 3.8) is 0 Å². The summed E-state index contributed by atoms with van der Waals surface area (Å²) in [5.74, 6) is 1.26. The summed E-state index contributed by atoms with van der Waals surface area (Å²) in [4.78, 5) is 8.40. The Morgan fingerprint density at radius 3 is 2.80 bits per heavy atom. The number of hydrogen-bond acceptors (Lipinski definition) is 8. The number of sulfonamides is 1. The molecule has 0 radical (unpaired) electrons. The Kier molecular flexibility index (Phi) is 5.52. The minimum Gasteiger partial charge on any atom is -0.496 e. The fourth-order valence-corrected chi connectivity index (χ4v) is 5.24. The summed E-state index contributed by atoms with van der Waals surface area (Å²) < 4.78 is 39.0. The summed E-state index contributed by atoms with van der Waals surface area (Å²) in [5.41, 5.74) is 2.18. The molecule has 0 amide bonds. The van der Waals surface area contributed by atoms with E-state index in [-0.39, 0.29) is 10.8 Å². The molecule has 1 aromatic carbocycles. The van der Waals surface area contributed by atoms with Gasteiger partial charge in [-0.15, -0.1) is 10.2 Å². The van der Waals surface area contributed by atoms with E-state index in [0.717, 1.165) is 17.7 Å². The summed E-state index contributed by atoms with van der Waals surface area (Å²) in [5, 5.41) is 8.29. The lowest BCUT2D eigenvalue weighted by atomic mass is 10.00. The van der Waals surface area contributed by atoms with Crippen LogP contribution in [0.5, 0.6) is 5.75 Å². The van der Waals surface area contributed by atoms with Crippen LogP contribution in [0.15, 0.2) is 40.0 Å². The maximum absolute atomic E-state index is 13.2. The number of piperidine rings is 1. The lowest BCUT2D eigenvalue weighted by Gasteiger charge is -2.30. The zero-order chi connectivity index (χ0) is 21.3. The quantitative estimate of drug-likeness (QED) is 0.609. The monoisotopic (exact) mass is 429 g/mol. The second kappa shape index (κ2) is 8.11. The maximum Gasteiger partial charge on any atom is 0.251 e. The van der Waals surface area contributed by atoms with Crippen LogP contribution in [0.25, 0.3) is 11.5 Å². The number of hydrogen-bond donors (Lipinski definition) is 0. The molecule has 158 valence electrons. The second-order valence-electron chi connectivity index (χ2n) is 7.30. The molecular weight excluding hydrogens is 406 g/mol. The molecule has 10 heteroatoms. The maximum atomic E-state index is 13.2. The predicted molar refractivity (Wildman–Crippen MR) is 109 cm³/mol. The Balaban J connectivity index is 1.56. The number of rotatable bonds is 5. The summed E-state index contributed by atoms with van der Waals surface area (Å²) in [6, 6.07) is 4.90. The highest BCUT2D eigenvalue weighted by Gasteiger charge is 2.33. The van der Waals surface area contributed by atoms with Crippen LogP contribution < -0.4 is 4.74 Å². The number of benzene rings is 1. The third kappa shape index (κ3) is 3.80. The van der Waals surface area contributed by atoms with Gasteiger partial charge in [-0.3, -0.25) is 0 Å². The van der Waals surface area contributed by atoms with E-state index in [1.807, 2.05) is 13.8 Å². The van der Waals surface area contributed by atoms with E-state index in [9.17, 15) is 8.42 Å². The van der Waals surface area contributed by atoms with Crippen LogP contribution in [-0.2, 0) is 10.0 Å². The summed E-state index contributed by atoms with van der Waals surface area (Å²) in [6.07, 6.45) is 4.58. The van der Waals surface area contributed by atoms with E-state index in [1.165, 1.54) is 10.6 Å². The van der Waals surface area contributed by atoms with Gasteiger partial charge >= 0.3 is 0 Å². The highest BCUT2D eigenvalue weighted by Crippen LogP contribution is 2.32. The van der Waals surface area contributed by atoms with Gasteiger partial charge in [0, 0.05) is 19.3 Å². The van der Waals surface area contributed by atoms with Crippen molar-refractivity contribution in [3.05, 3.63) is 47.9 Å². The molecule has 1 atom stereocenters. The van der Waals surface area contributed by atoms with E-state index >= 15 is 0 Å². The smallest absolute Gasteiger partial charge is 0.251 e. The van der Waals surface area contributed by atoms with Crippen molar-refractivity contribution < 1.29 is 17.6 Å². The largest absolute Gasteiger partial charge is 0.496 e. The topological polar surface area (TPSA) is 111 Å². The van der Waals surface area contributed by atoms with Crippen LogP contribution in [0.3, 0.4) is 0 Å². The first-order valence-electron chi connectivity index (χ1n) is 9.65. The van der Waals surface area contributed by atoms with Crippen LogP contribution in [0, 0.1) is 13.8 Å². The first-order chi connectivity index (χ1) is 14.4. The van der Waals surface area contributed by atoms with E-state index in [4.69, 9.17) is 9.15 Å². The zero-order valence-electron chi connectivity index (χ0n) is 17.1. The van der Waals surface area contributed by atoms with Crippen molar-refractivity contribution in [2.24, 2.45) is 0 Å². The molecule has 1 fully saturated rings. The summed E-state index contributed by atoms with van der Waals surface area (Å²) in [7, 11) is -2.07. The van der Waals surface area contributed by atoms with Crippen molar-refractivity contribution in [3.8, 4) is 17.2 Å². The van der Waals surface area contributed by atoms with Crippen molar-refractivity contribution in [2.75, 3.05) is 20.2 Å². The van der Waals surface area contributed by atoms with E-state index in [0.29, 0.717) is 42.6 Å². The third-order valence-electron chi connectivity index (χ3n) is 5.32. The van der Waals surface area contributed by atoms with Crippen LogP contribution in [0.1, 0.15) is 35.9 Å². The van der Waals surface area contributed by atoms with Gasteiger partial charge in [-0.1, -0.05) is 0 Å². The molecule has 4 rings (SSSR count). The van der Waals surface area contributed by atoms with Gasteiger partial charge in [0.2, 0.25) is 15.9 Å². The number of methoxy groups -OCH3 is 1. The Hall–Kier alpha value is -2.85. The van der Waals surface area contributed by atoms with Gasteiger partial charge in [0.25, 0.3) is 5.89 Å². The van der Waals surface area contributed by atoms with Crippen LogP contribution in [0.4, 0.5) is 0 Å². The average molecular weight is 430 g/mol. The first kappa shape index (κ1) is 20.4. The van der Waals surface area contributed by atoms with Gasteiger partial charge in [-0.2, -0.15) is 4.31 Å². The Morgan fingerprint density at radius 2 is 2.07 bits per heavy atom. The highest BCUT2D eigenvalue weighted by molar-refractivity contribution is 7.89. The van der Waals surface area contributed by atoms with Gasteiger partial charge in [-0.25, -0.2) is 18.4 Å². The molecule has 30 heavy (non-hydrogen) atoms. The number of nitrogens with zero attached hydrogens (tertiary/aromatic N) is 5. The van der Waals surface area contributed by atoms with Crippen molar-refractivity contribution in [1.29, 1.82) is 0 Å². The Labute approximate surface area is 175 Å². The lowest BCUT2D eigenvalue weighted by molar-refractivity contribution is 0.286. The molecule has 1 aliphatic rings. The molecule has 2 aromatic heterocycles. The lowest BCUT2D eigenvalue weighted by Crippen LogP contribution is -2.39. The van der Waals surface area contributed by atoms with Gasteiger partial charge in [0.1, 0.15) is 12.1 Å². The van der Waals surface area contributed by atoms with Crippen LogP contribution in [-0.4, -0.2) is 53.1 Å². The second-order valence-corrected chi connectivity index (χ2v) is 9.24. The molecule has 1 aliphatic heterocycles. The number of ether oxygens (including phenoxy) is 1. The molecule has 0 aliphatic carbocycles. The molecule has 0 bridgehead atoms. The van der Waals surface area contributed by atoms with Gasteiger partial charge in [0.15, 0.2) is 0 Å². The van der Waals surface area contributed by atoms with Gasteiger partial charge < -0.3 is 9.15 Å². The van der Waals surface area contributed by atoms with Crippen molar-refractivity contribution in [2.45, 2.75) is 37.5 Å². The zero-order valence-corrected chi connectivity index (χ0v) is 17.9. The molecule has 9 nitrogen and oxygen atoms in total. The molecule has 0 unspecified atom stereocenters. The third-order valence-corrected chi connectivity index (χ3v) is 7.18. The Morgan fingerprint density at radius 1 is 1.23 bits per heavy atom. The summed E-state index contributed by atoms with van der Waals surface area (Å²) in [6.45, 7) is 4.41. The normalized spacial score (nSPS) is 17.8. The molecule has 0 spiro atoms. The molecule has 0 N–H and O–H groups in total. The number of aromatic nitrogens is 4. The van der Waals surface area contributed by atoms with Crippen LogP contribution >= 0.6 is 0 Å². The van der Waals surface area contributed by atoms with Crippen LogP contribution in [0.2, 0.25) is 0 Å². The van der Waals surface area contributed by atoms with Gasteiger partial charge in [0.05, 0.1) is 29.2 Å².